The van der Waals surface area contributed by atoms with Crippen molar-refractivity contribution in [3.8, 4) is 17.6 Å². The summed E-state index contributed by atoms with van der Waals surface area (Å²) in [5, 5.41) is 9.16. The molecule has 6 heteroatoms. The molecular formula is C23H22Br2O4. The monoisotopic (exact) mass is 520 g/mol. The molecule has 4 nitrogen and oxygen atoms in total. The van der Waals surface area contributed by atoms with Crippen molar-refractivity contribution in [1.29, 1.82) is 0 Å². The lowest BCUT2D eigenvalue weighted by molar-refractivity contribution is -0.149. The lowest BCUT2D eigenvalue weighted by atomic mass is 10.1. The minimum Gasteiger partial charge on any atom is -0.490 e. The van der Waals surface area contributed by atoms with E-state index in [4.69, 9.17) is 14.6 Å². The number of carbonyl (C=O) groups is 1. The van der Waals surface area contributed by atoms with Crippen molar-refractivity contribution < 1.29 is 19.4 Å². The van der Waals surface area contributed by atoms with Crippen LogP contribution in [0.1, 0.15) is 25.0 Å². The van der Waals surface area contributed by atoms with Crippen molar-refractivity contribution in [3.63, 3.8) is 0 Å². The molecular weight excluding hydrogens is 500 g/mol. The van der Waals surface area contributed by atoms with Crippen LogP contribution in [0.5, 0.6) is 5.75 Å². The Morgan fingerprint density at radius 1 is 1.17 bits per heavy atom. The van der Waals surface area contributed by atoms with Crippen molar-refractivity contribution in [3.05, 3.63) is 74.2 Å². The number of benzene rings is 2. The van der Waals surface area contributed by atoms with Gasteiger partial charge in [0, 0.05) is 27.5 Å². The first-order chi connectivity index (χ1) is 13.9. The first kappa shape index (κ1) is 23.2. The average Bonchev–Trinajstić information content (AvgIpc) is 2.66. The summed E-state index contributed by atoms with van der Waals surface area (Å²) in [5.41, 5.74) is 2.72. The number of hydrogen-bond acceptors (Lipinski definition) is 3. The maximum atomic E-state index is 11.2. The normalized spacial score (nSPS) is 12.1. The van der Waals surface area contributed by atoms with Crippen LogP contribution in [0, 0.1) is 11.8 Å². The van der Waals surface area contributed by atoms with E-state index in [2.05, 4.69) is 43.7 Å². The van der Waals surface area contributed by atoms with E-state index < -0.39 is 12.1 Å². The van der Waals surface area contributed by atoms with Crippen LogP contribution in [0.15, 0.2) is 63.1 Å². The summed E-state index contributed by atoms with van der Waals surface area (Å²) in [7, 11) is 0. The summed E-state index contributed by atoms with van der Waals surface area (Å²) >= 11 is 6.90. The molecule has 0 aliphatic heterocycles. The highest BCUT2D eigenvalue weighted by molar-refractivity contribution is 9.11. The highest BCUT2D eigenvalue weighted by Crippen LogP contribution is 2.19. The minimum absolute atomic E-state index is 0.323. The Hall–Kier alpha value is -2.07. The van der Waals surface area contributed by atoms with Crippen molar-refractivity contribution in [2.45, 2.75) is 26.4 Å². The van der Waals surface area contributed by atoms with E-state index in [1.54, 1.807) is 6.92 Å². The molecule has 152 valence electrons. The summed E-state index contributed by atoms with van der Waals surface area (Å²) in [6.45, 7) is 4.49. The smallest absolute Gasteiger partial charge is 0.333 e. The number of allylic oxidation sites excluding steroid dienone is 1. The van der Waals surface area contributed by atoms with Crippen molar-refractivity contribution >= 4 is 37.8 Å². The maximum absolute atomic E-state index is 11.2. The number of hydrogen-bond donors (Lipinski definition) is 1. The molecule has 0 saturated carbocycles. The number of carboxylic acids is 1. The Balaban J connectivity index is 1.89. The SMILES string of the molecule is CCO[C@@H](Cc1ccc(OC/C=C(\C)C#Cc2cc(Br)cc(Br)c2)cc1)C(=O)O. The third-order valence-electron chi connectivity index (χ3n) is 3.89. The van der Waals surface area contributed by atoms with Gasteiger partial charge in [0.2, 0.25) is 0 Å². The van der Waals surface area contributed by atoms with Gasteiger partial charge in [0.25, 0.3) is 0 Å². The molecule has 2 aromatic rings. The zero-order valence-corrected chi connectivity index (χ0v) is 19.4. The van der Waals surface area contributed by atoms with Gasteiger partial charge in [0.05, 0.1) is 0 Å². The van der Waals surface area contributed by atoms with Gasteiger partial charge in [0.15, 0.2) is 6.10 Å². The second-order valence-corrected chi connectivity index (χ2v) is 8.07. The summed E-state index contributed by atoms with van der Waals surface area (Å²) in [5.74, 6) is 6.00. The molecule has 1 atom stereocenters. The number of rotatable bonds is 8. The Morgan fingerprint density at radius 2 is 1.83 bits per heavy atom. The van der Waals surface area contributed by atoms with Crippen LogP contribution < -0.4 is 4.74 Å². The molecule has 0 fully saturated rings. The van der Waals surface area contributed by atoms with Gasteiger partial charge in [-0.2, -0.15) is 0 Å². The lowest BCUT2D eigenvalue weighted by Gasteiger charge is -2.12. The molecule has 0 spiro atoms. The maximum Gasteiger partial charge on any atom is 0.333 e. The molecule has 0 bridgehead atoms. The quantitative estimate of drug-likeness (QED) is 0.458. The van der Waals surface area contributed by atoms with E-state index >= 15 is 0 Å². The van der Waals surface area contributed by atoms with Crippen LogP contribution >= 0.6 is 31.9 Å². The Bertz CT molecular complexity index is 904. The molecule has 0 saturated heterocycles. The van der Waals surface area contributed by atoms with Gasteiger partial charge < -0.3 is 14.6 Å². The zero-order chi connectivity index (χ0) is 21.2. The van der Waals surface area contributed by atoms with Crippen molar-refractivity contribution in [2.24, 2.45) is 0 Å². The summed E-state index contributed by atoms with van der Waals surface area (Å²) < 4.78 is 12.9. The van der Waals surface area contributed by atoms with E-state index in [9.17, 15) is 4.79 Å². The van der Waals surface area contributed by atoms with Gasteiger partial charge in [-0.3, -0.25) is 0 Å². The van der Waals surface area contributed by atoms with Crippen LogP contribution in [-0.4, -0.2) is 30.4 Å². The highest BCUT2D eigenvalue weighted by Gasteiger charge is 2.17. The van der Waals surface area contributed by atoms with Gasteiger partial charge in [-0.15, -0.1) is 0 Å². The topological polar surface area (TPSA) is 55.8 Å². The molecule has 2 aromatic carbocycles. The Morgan fingerprint density at radius 3 is 2.41 bits per heavy atom. The second kappa shape index (κ2) is 11.8. The van der Waals surface area contributed by atoms with E-state index in [0.29, 0.717) is 25.4 Å². The molecule has 29 heavy (non-hydrogen) atoms. The van der Waals surface area contributed by atoms with Crippen molar-refractivity contribution in [1.82, 2.24) is 0 Å². The summed E-state index contributed by atoms with van der Waals surface area (Å²) in [6.07, 6.45) is 1.41. The zero-order valence-electron chi connectivity index (χ0n) is 16.2. The van der Waals surface area contributed by atoms with E-state index in [-0.39, 0.29) is 0 Å². The number of aliphatic carboxylic acids is 1. The van der Waals surface area contributed by atoms with E-state index in [1.165, 1.54) is 0 Å². The van der Waals surface area contributed by atoms with Crippen LogP contribution in [-0.2, 0) is 16.0 Å². The average molecular weight is 522 g/mol. The predicted molar refractivity (Wildman–Crippen MR) is 121 cm³/mol. The Labute approximate surface area is 188 Å². The number of carboxylic acid groups (broad SMARTS) is 1. The minimum atomic E-state index is -0.955. The van der Waals surface area contributed by atoms with Crippen LogP contribution in [0.4, 0.5) is 0 Å². The molecule has 0 aliphatic carbocycles. The van der Waals surface area contributed by atoms with Gasteiger partial charge in [-0.1, -0.05) is 55.8 Å². The summed E-state index contributed by atoms with van der Waals surface area (Å²) in [4.78, 5) is 11.2. The highest BCUT2D eigenvalue weighted by atomic mass is 79.9. The van der Waals surface area contributed by atoms with Crippen molar-refractivity contribution in [2.75, 3.05) is 13.2 Å². The predicted octanol–water partition coefficient (Wildman–Crippen LogP) is 5.62. The molecule has 0 amide bonds. The fourth-order valence-electron chi connectivity index (χ4n) is 2.47. The fraction of sp³-hybridized carbons (Fsp3) is 0.261. The fourth-order valence-corrected chi connectivity index (χ4v) is 3.76. The molecule has 0 heterocycles. The van der Waals surface area contributed by atoms with Crippen LogP contribution in [0.2, 0.25) is 0 Å². The first-order valence-electron chi connectivity index (χ1n) is 9.08. The van der Waals surface area contributed by atoms with Gasteiger partial charge in [-0.05, 0) is 61.4 Å². The summed E-state index contributed by atoms with van der Waals surface area (Å²) in [6, 6.07) is 13.2. The third-order valence-corrected chi connectivity index (χ3v) is 4.81. The molecule has 0 unspecified atom stereocenters. The first-order valence-corrected chi connectivity index (χ1v) is 10.7. The number of ether oxygens (including phenoxy) is 2. The molecule has 0 aliphatic rings. The number of halogens is 2. The molecule has 2 rings (SSSR count). The van der Waals surface area contributed by atoms with Gasteiger partial charge in [0.1, 0.15) is 12.4 Å². The van der Waals surface area contributed by atoms with Gasteiger partial charge in [-0.25, -0.2) is 4.79 Å². The van der Waals surface area contributed by atoms with Crippen LogP contribution in [0.3, 0.4) is 0 Å². The standard InChI is InChI=1S/C23H22Br2O4/c1-3-28-22(23(26)27)14-17-6-8-21(9-7-17)29-11-10-16(2)4-5-18-12-19(24)15-20(25)13-18/h6-10,12-13,15,22H,3,11,14H2,1-2H3,(H,26,27)/b16-10+/t22-/m0/s1. The van der Waals surface area contributed by atoms with Crippen LogP contribution in [0.25, 0.3) is 0 Å². The lowest BCUT2D eigenvalue weighted by Crippen LogP contribution is -2.26. The largest absolute Gasteiger partial charge is 0.490 e. The molecule has 0 radical (unpaired) electrons. The van der Waals surface area contributed by atoms with E-state index in [1.807, 2.05) is 55.5 Å². The Kier molecular flexibility index (Phi) is 9.46. The molecule has 0 aromatic heterocycles. The second-order valence-electron chi connectivity index (χ2n) is 6.24. The third kappa shape index (κ3) is 8.45. The van der Waals surface area contributed by atoms with E-state index in [0.717, 1.165) is 25.6 Å². The molecule has 1 N–H and O–H groups in total. The van der Waals surface area contributed by atoms with Gasteiger partial charge >= 0.3 is 5.97 Å².